The molecule has 0 bridgehead atoms. The van der Waals surface area contributed by atoms with Crippen molar-refractivity contribution in [2.24, 2.45) is 5.92 Å². The molecule has 1 aliphatic rings. The van der Waals surface area contributed by atoms with Crippen LogP contribution >= 0.6 is 22.9 Å². The van der Waals surface area contributed by atoms with Crippen molar-refractivity contribution in [1.82, 2.24) is 4.98 Å². The van der Waals surface area contributed by atoms with Gasteiger partial charge in [0.2, 0.25) is 0 Å². The first kappa shape index (κ1) is 26.7. The summed E-state index contributed by atoms with van der Waals surface area (Å²) in [4.78, 5) is 33.0. The standard InChI is InChI=1S/C30H27ClN2O5S/c1-17(2)13-14-38-22-6-4-5-19(15-22)26-25(27(34)18-7-10-21(37-3)11-8-18)28(35)29(36)33(26)30-32-23-12-9-20(31)16-24(23)39-30/h4-12,15-17,26,34H,13-14H2,1-3H3/b27-25+. The third kappa shape index (κ3) is 5.35. The Morgan fingerprint density at radius 1 is 1.08 bits per heavy atom. The number of hydrogen-bond donors (Lipinski definition) is 1. The number of methoxy groups -OCH3 is 1. The predicted molar refractivity (Wildman–Crippen MR) is 154 cm³/mol. The molecule has 3 aromatic carbocycles. The Bertz CT molecular complexity index is 1580. The average Bonchev–Trinajstić information content (AvgIpc) is 3.45. The molecule has 39 heavy (non-hydrogen) atoms. The minimum Gasteiger partial charge on any atom is -0.507 e. The van der Waals surface area contributed by atoms with Gasteiger partial charge >= 0.3 is 5.91 Å². The van der Waals surface area contributed by atoms with E-state index in [9.17, 15) is 14.7 Å². The molecule has 4 aromatic rings. The monoisotopic (exact) mass is 562 g/mol. The van der Waals surface area contributed by atoms with Crippen molar-refractivity contribution in [3.63, 3.8) is 0 Å². The first-order valence-electron chi connectivity index (χ1n) is 12.5. The lowest BCUT2D eigenvalue weighted by molar-refractivity contribution is -0.132. The number of amides is 1. The van der Waals surface area contributed by atoms with E-state index < -0.39 is 17.7 Å². The largest absolute Gasteiger partial charge is 0.507 e. The van der Waals surface area contributed by atoms with Gasteiger partial charge in [0.15, 0.2) is 5.13 Å². The third-order valence-electron chi connectivity index (χ3n) is 6.49. The highest BCUT2D eigenvalue weighted by Crippen LogP contribution is 2.45. The summed E-state index contributed by atoms with van der Waals surface area (Å²) in [6.07, 6.45) is 0.883. The van der Waals surface area contributed by atoms with Crippen LogP contribution in [0.25, 0.3) is 16.0 Å². The number of rotatable bonds is 8. The maximum atomic E-state index is 13.5. The van der Waals surface area contributed by atoms with E-state index in [1.54, 1.807) is 55.6 Å². The Labute approximate surface area is 235 Å². The molecule has 1 N–H and O–H groups in total. The molecular weight excluding hydrogens is 536 g/mol. The van der Waals surface area contributed by atoms with E-state index >= 15 is 0 Å². The van der Waals surface area contributed by atoms with Crippen LogP contribution < -0.4 is 14.4 Å². The van der Waals surface area contributed by atoms with Crippen molar-refractivity contribution in [3.8, 4) is 11.5 Å². The normalized spacial score (nSPS) is 16.8. The lowest BCUT2D eigenvalue weighted by atomic mass is 9.95. The second-order valence-corrected chi connectivity index (χ2v) is 11.1. The van der Waals surface area contributed by atoms with Gasteiger partial charge in [-0.1, -0.05) is 48.9 Å². The molecule has 5 rings (SSSR count). The summed E-state index contributed by atoms with van der Waals surface area (Å²) in [6.45, 7) is 4.78. The summed E-state index contributed by atoms with van der Waals surface area (Å²) in [6, 6.07) is 18.2. The number of Topliss-reactive ketones (excluding diaryl/α,β-unsaturated/α-hetero) is 1. The Morgan fingerprint density at radius 2 is 1.85 bits per heavy atom. The summed E-state index contributed by atoms with van der Waals surface area (Å²) < 4.78 is 12.0. The fraction of sp³-hybridized carbons (Fsp3) is 0.233. The molecule has 0 aliphatic carbocycles. The predicted octanol–water partition coefficient (Wildman–Crippen LogP) is 7.01. The molecule has 0 saturated carbocycles. The van der Waals surface area contributed by atoms with Crippen molar-refractivity contribution in [2.45, 2.75) is 26.3 Å². The van der Waals surface area contributed by atoms with E-state index in [2.05, 4.69) is 18.8 Å². The molecule has 1 unspecified atom stereocenters. The fourth-order valence-corrected chi connectivity index (χ4v) is 5.69. The van der Waals surface area contributed by atoms with Gasteiger partial charge in [-0.25, -0.2) is 4.98 Å². The number of aliphatic hydroxyl groups is 1. The number of carbonyl (C=O) groups excluding carboxylic acids is 2. The van der Waals surface area contributed by atoms with Crippen LogP contribution in [0.15, 0.2) is 72.3 Å². The zero-order chi connectivity index (χ0) is 27.7. The molecule has 1 amide bonds. The molecular formula is C30H27ClN2O5S. The minimum absolute atomic E-state index is 0.0261. The molecule has 2 heterocycles. The number of nitrogens with zero attached hydrogens (tertiary/aromatic N) is 2. The lowest BCUT2D eigenvalue weighted by Crippen LogP contribution is -2.29. The van der Waals surface area contributed by atoms with Gasteiger partial charge in [0.05, 0.1) is 35.5 Å². The lowest BCUT2D eigenvalue weighted by Gasteiger charge is -2.23. The maximum Gasteiger partial charge on any atom is 0.301 e. The third-order valence-corrected chi connectivity index (χ3v) is 7.74. The van der Waals surface area contributed by atoms with Gasteiger partial charge in [-0.05, 0) is 72.5 Å². The van der Waals surface area contributed by atoms with Crippen LogP contribution in [-0.2, 0) is 9.59 Å². The molecule has 1 aromatic heterocycles. The van der Waals surface area contributed by atoms with Gasteiger partial charge in [0, 0.05) is 10.6 Å². The first-order valence-corrected chi connectivity index (χ1v) is 13.7. The van der Waals surface area contributed by atoms with Crippen molar-refractivity contribution in [2.75, 3.05) is 18.6 Å². The Morgan fingerprint density at radius 3 is 2.56 bits per heavy atom. The van der Waals surface area contributed by atoms with E-state index in [4.69, 9.17) is 21.1 Å². The SMILES string of the molecule is COc1ccc(/C(O)=C2\C(=O)C(=O)N(c3nc4ccc(Cl)cc4s3)C2c2cccc(OCCC(C)C)c2)cc1. The topological polar surface area (TPSA) is 89.0 Å². The number of fused-ring (bicyclic) bond motifs is 1. The molecule has 1 saturated heterocycles. The molecule has 9 heteroatoms. The second-order valence-electron chi connectivity index (χ2n) is 9.61. The number of halogens is 1. The van der Waals surface area contributed by atoms with E-state index in [1.807, 2.05) is 18.2 Å². The van der Waals surface area contributed by atoms with Crippen LogP contribution in [0, 0.1) is 5.92 Å². The van der Waals surface area contributed by atoms with Crippen LogP contribution in [0.5, 0.6) is 11.5 Å². The summed E-state index contributed by atoms with van der Waals surface area (Å²) in [5.41, 5.74) is 1.63. The smallest absolute Gasteiger partial charge is 0.301 e. The van der Waals surface area contributed by atoms with Gasteiger partial charge in [-0.15, -0.1) is 0 Å². The van der Waals surface area contributed by atoms with Crippen LogP contribution in [0.4, 0.5) is 5.13 Å². The van der Waals surface area contributed by atoms with E-state index in [-0.39, 0.29) is 11.3 Å². The van der Waals surface area contributed by atoms with Crippen LogP contribution in [-0.4, -0.2) is 35.5 Å². The van der Waals surface area contributed by atoms with Crippen molar-refractivity contribution < 1.29 is 24.2 Å². The van der Waals surface area contributed by atoms with Crippen LogP contribution in [0.1, 0.15) is 37.4 Å². The zero-order valence-corrected chi connectivity index (χ0v) is 23.3. The fourth-order valence-electron chi connectivity index (χ4n) is 4.43. The minimum atomic E-state index is -0.920. The van der Waals surface area contributed by atoms with E-state index in [1.165, 1.54) is 16.2 Å². The quantitative estimate of drug-likeness (QED) is 0.141. The number of thiazole rings is 1. The molecule has 200 valence electrons. The van der Waals surface area contributed by atoms with Gasteiger partial charge in [-0.3, -0.25) is 14.5 Å². The number of ketones is 1. The number of benzene rings is 3. The number of carbonyl (C=O) groups is 2. The summed E-state index contributed by atoms with van der Waals surface area (Å²) in [7, 11) is 1.54. The van der Waals surface area contributed by atoms with Gasteiger partial charge in [0.25, 0.3) is 5.78 Å². The van der Waals surface area contributed by atoms with Crippen LogP contribution in [0.3, 0.4) is 0 Å². The number of ether oxygens (including phenoxy) is 2. The Hall–Kier alpha value is -3.88. The number of anilines is 1. The van der Waals surface area contributed by atoms with Gasteiger partial charge in [0.1, 0.15) is 17.3 Å². The molecule has 1 atom stereocenters. The summed E-state index contributed by atoms with van der Waals surface area (Å²) >= 11 is 7.43. The van der Waals surface area contributed by atoms with Gasteiger partial charge < -0.3 is 14.6 Å². The number of aromatic nitrogens is 1. The molecule has 1 aliphatic heterocycles. The summed E-state index contributed by atoms with van der Waals surface area (Å²) in [5, 5.41) is 12.3. The average molecular weight is 563 g/mol. The number of aliphatic hydroxyl groups excluding tert-OH is 1. The van der Waals surface area contributed by atoms with E-state index in [0.717, 1.165) is 11.1 Å². The molecule has 7 nitrogen and oxygen atoms in total. The van der Waals surface area contributed by atoms with Crippen LogP contribution in [0.2, 0.25) is 5.02 Å². The molecule has 1 fully saturated rings. The van der Waals surface area contributed by atoms with Crippen molar-refractivity contribution >= 4 is 55.7 Å². The Kier molecular flexibility index (Phi) is 7.59. The molecule has 0 spiro atoms. The molecule has 0 radical (unpaired) electrons. The van der Waals surface area contributed by atoms with E-state index in [0.29, 0.717) is 50.8 Å². The highest BCUT2D eigenvalue weighted by molar-refractivity contribution is 7.22. The summed E-state index contributed by atoms with van der Waals surface area (Å²) in [5.74, 6) is -0.152. The highest BCUT2D eigenvalue weighted by Gasteiger charge is 2.48. The van der Waals surface area contributed by atoms with Crippen molar-refractivity contribution in [3.05, 3.63) is 88.5 Å². The second kappa shape index (κ2) is 11.1. The number of hydrogen-bond acceptors (Lipinski definition) is 7. The first-order chi connectivity index (χ1) is 18.8. The highest BCUT2D eigenvalue weighted by atomic mass is 35.5. The zero-order valence-electron chi connectivity index (χ0n) is 21.7. The maximum absolute atomic E-state index is 13.5. The Balaban J connectivity index is 1.65. The van der Waals surface area contributed by atoms with Crippen molar-refractivity contribution in [1.29, 1.82) is 0 Å². The van der Waals surface area contributed by atoms with Gasteiger partial charge in [-0.2, -0.15) is 0 Å².